The lowest BCUT2D eigenvalue weighted by atomic mass is 10.0. The minimum atomic E-state index is -5.43. The molecule has 74 heavy (non-hydrogen) atoms. The Balaban J connectivity index is 1.74. The van der Waals surface area contributed by atoms with Crippen molar-refractivity contribution in [1.29, 1.82) is 0 Å². The van der Waals surface area contributed by atoms with Gasteiger partial charge in [-0.2, -0.15) is 9.29 Å². The van der Waals surface area contributed by atoms with E-state index in [1.807, 2.05) is 0 Å². The van der Waals surface area contributed by atoms with E-state index in [2.05, 4.69) is 54.4 Å². The highest BCUT2D eigenvalue weighted by Gasteiger charge is 2.46. The summed E-state index contributed by atoms with van der Waals surface area (Å²) in [4.78, 5) is 62.1. The van der Waals surface area contributed by atoms with E-state index in [1.165, 1.54) is 128 Å². The summed E-state index contributed by atoms with van der Waals surface area (Å²) in [6.45, 7) is 4.50. The summed E-state index contributed by atoms with van der Waals surface area (Å²) in [7, 11) is -10.8. The zero-order chi connectivity index (χ0) is 54.3. The molecular formula is C54H97N3O15P2. The van der Waals surface area contributed by atoms with Crippen LogP contribution in [-0.4, -0.2) is 85.7 Å². The van der Waals surface area contributed by atoms with Crippen LogP contribution >= 0.6 is 15.6 Å². The number of allylic oxidation sites excluding steroid dienone is 4. The van der Waals surface area contributed by atoms with E-state index >= 15 is 0 Å². The maximum absolute atomic E-state index is 12.9. The second-order valence-corrected chi connectivity index (χ2v) is 23.3. The Morgan fingerprint density at radius 3 is 1.68 bits per heavy atom. The number of nitrogens with zero attached hydrogens (tertiary/aromatic N) is 2. The van der Waals surface area contributed by atoms with Crippen LogP contribution in [0.5, 0.6) is 0 Å². The lowest BCUT2D eigenvalue weighted by Gasteiger charge is -2.21. The zero-order valence-corrected chi connectivity index (χ0v) is 47.1. The van der Waals surface area contributed by atoms with Crippen molar-refractivity contribution in [2.75, 3.05) is 25.6 Å². The van der Waals surface area contributed by atoms with E-state index < -0.39 is 83.7 Å². The Labute approximate surface area is 443 Å². The summed E-state index contributed by atoms with van der Waals surface area (Å²) in [5, 5.41) is 20.9. The Bertz CT molecular complexity index is 1850. The number of hydrogen-bond donors (Lipinski definition) is 5. The summed E-state index contributed by atoms with van der Waals surface area (Å²) in [6.07, 6.45) is 36.8. The first-order valence-electron chi connectivity index (χ1n) is 28.2. The van der Waals surface area contributed by atoms with Crippen molar-refractivity contribution in [2.45, 2.75) is 257 Å². The fraction of sp³-hybridized carbons (Fsp3) is 0.815. The second kappa shape index (κ2) is 41.4. The molecule has 0 radical (unpaired) electrons. The third-order valence-corrected chi connectivity index (χ3v) is 15.6. The average Bonchev–Trinajstić information content (AvgIpc) is 3.63. The molecule has 0 aliphatic carbocycles. The van der Waals surface area contributed by atoms with Gasteiger partial charge < -0.3 is 39.9 Å². The van der Waals surface area contributed by atoms with Crippen LogP contribution in [0.1, 0.15) is 232 Å². The minimum Gasteiger partial charge on any atom is -0.462 e. The van der Waals surface area contributed by atoms with Crippen LogP contribution in [0.3, 0.4) is 0 Å². The molecule has 20 heteroatoms. The predicted molar refractivity (Wildman–Crippen MR) is 289 cm³/mol. The van der Waals surface area contributed by atoms with E-state index in [-0.39, 0.29) is 18.7 Å². The van der Waals surface area contributed by atoms with Crippen LogP contribution < -0.4 is 11.4 Å². The van der Waals surface area contributed by atoms with E-state index in [0.29, 0.717) is 12.8 Å². The number of aromatic nitrogens is 2. The van der Waals surface area contributed by atoms with Gasteiger partial charge in [-0.1, -0.05) is 199 Å². The molecule has 1 aliphatic heterocycles. The number of aliphatic hydroxyl groups excluding tert-OH is 2. The molecule has 1 aromatic heterocycles. The molecule has 0 spiro atoms. The Kier molecular flexibility index (Phi) is 37.6. The highest BCUT2D eigenvalue weighted by molar-refractivity contribution is 7.61. The molecule has 1 fully saturated rings. The zero-order valence-electron chi connectivity index (χ0n) is 45.3. The van der Waals surface area contributed by atoms with Gasteiger partial charge in [0.15, 0.2) is 12.3 Å². The van der Waals surface area contributed by atoms with Crippen LogP contribution in [0.4, 0.5) is 5.82 Å². The lowest BCUT2D eigenvalue weighted by Crippen LogP contribution is -2.36. The summed E-state index contributed by atoms with van der Waals surface area (Å²) in [5.41, 5.74) is 4.60. The topological polar surface area (TPSA) is 265 Å². The van der Waals surface area contributed by atoms with Crippen molar-refractivity contribution >= 4 is 33.4 Å². The number of esters is 2. The van der Waals surface area contributed by atoms with Gasteiger partial charge in [-0.05, 0) is 50.5 Å². The van der Waals surface area contributed by atoms with Crippen LogP contribution in [0.15, 0.2) is 41.4 Å². The van der Waals surface area contributed by atoms with Gasteiger partial charge in [0, 0.05) is 19.0 Å². The molecule has 2 rings (SSSR count). The van der Waals surface area contributed by atoms with Gasteiger partial charge in [-0.25, -0.2) is 13.9 Å². The first-order valence-corrected chi connectivity index (χ1v) is 31.2. The molecule has 0 amide bonds. The van der Waals surface area contributed by atoms with Crippen molar-refractivity contribution in [3.63, 3.8) is 0 Å². The number of nitrogen functional groups attached to an aromatic ring is 1. The molecule has 3 unspecified atom stereocenters. The number of phosphoric ester groups is 2. The van der Waals surface area contributed by atoms with Crippen molar-refractivity contribution in [3.05, 3.63) is 47.1 Å². The van der Waals surface area contributed by atoms with E-state index in [0.717, 1.165) is 74.7 Å². The molecule has 1 aromatic rings. The average molecular weight is 1090 g/mol. The monoisotopic (exact) mass is 1090 g/mol. The lowest BCUT2D eigenvalue weighted by molar-refractivity contribution is -0.161. The molecule has 0 saturated carbocycles. The SMILES string of the molecule is CCCCCC/C=C\C=C/CCCCCCCC(=O)O[C@H](COC(=O)CCCCCCCCCCCCCCCCCCCCC(C)C)COP(=O)(O)OP(=O)(O)OC[C@H]1O[C@@H](n2ccc(N)nc2=O)C(O)[C@H]1O. The van der Waals surface area contributed by atoms with Crippen molar-refractivity contribution in [2.24, 2.45) is 5.92 Å². The van der Waals surface area contributed by atoms with Crippen LogP contribution in [0.2, 0.25) is 0 Å². The van der Waals surface area contributed by atoms with Gasteiger partial charge in [-0.3, -0.25) is 23.2 Å². The number of carbonyl (C=O) groups excluding carboxylic acids is 2. The highest BCUT2D eigenvalue weighted by atomic mass is 31.3. The number of phosphoric acid groups is 2. The number of unbranched alkanes of at least 4 members (excludes halogenated alkanes) is 26. The normalized spacial score (nSPS) is 19.1. The number of ether oxygens (including phenoxy) is 3. The van der Waals surface area contributed by atoms with E-state index in [1.54, 1.807) is 0 Å². The van der Waals surface area contributed by atoms with Gasteiger partial charge in [0.05, 0.1) is 13.2 Å². The first kappa shape index (κ1) is 67.3. The molecule has 0 bridgehead atoms. The molecule has 6 N–H and O–H groups in total. The first-order chi connectivity index (χ1) is 35.5. The fourth-order valence-electron chi connectivity index (χ4n) is 8.61. The maximum Gasteiger partial charge on any atom is 0.481 e. The van der Waals surface area contributed by atoms with Crippen molar-refractivity contribution in [1.82, 2.24) is 9.55 Å². The van der Waals surface area contributed by atoms with Crippen LogP contribution in [0, 0.1) is 5.92 Å². The van der Waals surface area contributed by atoms with E-state index in [9.17, 15) is 43.5 Å². The number of carbonyl (C=O) groups is 2. The molecule has 1 saturated heterocycles. The quantitative estimate of drug-likeness (QED) is 0.0176. The largest absolute Gasteiger partial charge is 0.481 e. The predicted octanol–water partition coefficient (Wildman–Crippen LogP) is 12.4. The van der Waals surface area contributed by atoms with Gasteiger partial charge in [-0.15, -0.1) is 0 Å². The third-order valence-electron chi connectivity index (χ3n) is 13.0. The Morgan fingerprint density at radius 2 is 1.16 bits per heavy atom. The number of anilines is 1. The third kappa shape index (κ3) is 34.1. The smallest absolute Gasteiger partial charge is 0.462 e. The number of aliphatic hydroxyl groups is 2. The fourth-order valence-corrected chi connectivity index (χ4v) is 10.7. The number of rotatable bonds is 47. The minimum absolute atomic E-state index is 0.0352. The Morgan fingerprint density at radius 1 is 0.689 bits per heavy atom. The Hall–Kier alpha value is -2.76. The number of hydrogen-bond acceptors (Lipinski definition) is 15. The standard InChI is InChI=1S/C54H97N3O15P2/c1-4-5-6-7-8-9-10-11-16-21-24-27-30-33-36-39-50(59)70-46(42-67-49(58)38-35-32-29-26-23-20-18-15-13-12-14-17-19-22-25-28-31-34-37-45(2)3)43-68-73(63,64)72-74(65,66)69-44-47-51(60)52(61)53(71-47)57-41-40-48(55)56-54(57)62/h9-11,16,40-41,45-47,51-53,60-61H,4-8,12-15,17-39,42-44H2,1-3H3,(H,63,64)(H,65,66)(H2,55,56,62)/b10-9-,16-11-/t46-,47-,51+,52?,53-/m1/s1. The summed E-state index contributed by atoms with van der Waals surface area (Å²) >= 11 is 0. The maximum atomic E-state index is 12.9. The van der Waals surface area contributed by atoms with E-state index in [4.69, 9.17) is 29.0 Å². The van der Waals surface area contributed by atoms with Gasteiger partial charge >= 0.3 is 33.3 Å². The van der Waals surface area contributed by atoms with Crippen molar-refractivity contribution < 1.29 is 66.3 Å². The van der Waals surface area contributed by atoms with Crippen LogP contribution in [-0.2, 0) is 46.3 Å². The molecule has 0 aromatic carbocycles. The molecule has 18 nitrogen and oxygen atoms in total. The molecular weight excluding hydrogens is 993 g/mol. The molecule has 7 atom stereocenters. The van der Waals surface area contributed by atoms with Crippen LogP contribution in [0.25, 0.3) is 0 Å². The summed E-state index contributed by atoms with van der Waals surface area (Å²) < 4.78 is 56.9. The highest BCUT2D eigenvalue weighted by Crippen LogP contribution is 2.60. The van der Waals surface area contributed by atoms with Crippen molar-refractivity contribution in [3.8, 4) is 0 Å². The van der Waals surface area contributed by atoms with Gasteiger partial charge in [0.25, 0.3) is 0 Å². The summed E-state index contributed by atoms with van der Waals surface area (Å²) in [6, 6.07) is 1.25. The number of nitrogens with two attached hydrogens (primary N) is 1. The molecule has 1 aliphatic rings. The molecule has 2 heterocycles. The molecule has 428 valence electrons. The second-order valence-electron chi connectivity index (χ2n) is 20.3. The van der Waals surface area contributed by atoms with Gasteiger partial charge in [0.1, 0.15) is 30.7 Å². The summed E-state index contributed by atoms with van der Waals surface area (Å²) in [5.74, 6) is -0.478. The van der Waals surface area contributed by atoms with Gasteiger partial charge in [0.2, 0.25) is 0 Å².